The van der Waals surface area contributed by atoms with Gasteiger partial charge in [0.15, 0.2) is 0 Å². The van der Waals surface area contributed by atoms with E-state index in [-0.39, 0.29) is 11.8 Å². The fourth-order valence-electron chi connectivity index (χ4n) is 5.32. The predicted octanol–water partition coefficient (Wildman–Crippen LogP) is 3.90. The van der Waals surface area contributed by atoms with Gasteiger partial charge in [-0.05, 0) is 54.5 Å². The summed E-state index contributed by atoms with van der Waals surface area (Å²) >= 11 is 1.50. The van der Waals surface area contributed by atoms with Crippen LogP contribution in [0.1, 0.15) is 55.1 Å². The van der Waals surface area contributed by atoms with Gasteiger partial charge in [0, 0.05) is 30.1 Å². The Labute approximate surface area is 237 Å². The average molecular weight is 560 g/mol. The molecule has 0 bridgehead atoms. The Morgan fingerprint density at radius 1 is 1.00 bits per heavy atom. The normalized spacial score (nSPS) is 18.7. The minimum Gasteiger partial charge on any atom is -0.436 e. The number of thiophene rings is 1. The first-order valence-electron chi connectivity index (χ1n) is 13.8. The lowest BCUT2D eigenvalue weighted by atomic mass is 9.95. The molecule has 3 N–H and O–H groups in total. The highest BCUT2D eigenvalue weighted by molar-refractivity contribution is 7.17. The van der Waals surface area contributed by atoms with E-state index in [9.17, 15) is 9.59 Å². The van der Waals surface area contributed by atoms with Crippen molar-refractivity contribution in [2.45, 2.75) is 45.0 Å². The van der Waals surface area contributed by atoms with Crippen LogP contribution in [0.25, 0.3) is 0 Å². The molecule has 208 valence electrons. The van der Waals surface area contributed by atoms with Crippen LogP contribution in [0.3, 0.4) is 0 Å². The van der Waals surface area contributed by atoms with E-state index in [0.717, 1.165) is 80.1 Å². The van der Waals surface area contributed by atoms with Crippen molar-refractivity contribution in [2.75, 3.05) is 31.6 Å². The molecule has 1 fully saturated rings. The van der Waals surface area contributed by atoms with Crippen molar-refractivity contribution in [1.29, 1.82) is 0 Å². The summed E-state index contributed by atoms with van der Waals surface area (Å²) in [6.45, 7) is 4.00. The monoisotopic (exact) mass is 559 g/mol. The molecule has 0 saturated carbocycles. The van der Waals surface area contributed by atoms with Crippen LogP contribution < -0.4 is 16.1 Å². The van der Waals surface area contributed by atoms with Gasteiger partial charge in [0.25, 0.3) is 18.2 Å². The van der Waals surface area contributed by atoms with Crippen molar-refractivity contribution in [3.63, 3.8) is 0 Å². The number of amides is 2. The van der Waals surface area contributed by atoms with E-state index in [2.05, 4.69) is 26.1 Å². The summed E-state index contributed by atoms with van der Waals surface area (Å²) in [6.07, 6.45) is 3.58. The molecule has 0 radical (unpaired) electrons. The molecule has 1 aliphatic carbocycles. The van der Waals surface area contributed by atoms with Crippen molar-refractivity contribution in [1.82, 2.24) is 15.6 Å². The molecule has 3 heterocycles. The number of hydrazone groups is 1. The van der Waals surface area contributed by atoms with Gasteiger partial charge in [-0.25, -0.2) is 0 Å². The van der Waals surface area contributed by atoms with E-state index in [1.165, 1.54) is 11.3 Å². The standard InChI is InChI=1S/C30H33N5O4S/c36-27(22-10-6-9-21(17-22)19-35-13-15-38-16-14-35)31-29-26(23-11-4-5-12-24(23)40-29)28(37)32-30-34-33-25(39-30)18-20-7-2-1-3-8-20/h1-3,6-10,17,30,34H,4-5,11-16,18-19H2,(H,31,36)(H,32,37). The summed E-state index contributed by atoms with van der Waals surface area (Å²) in [5.74, 6) is -0.000963. The van der Waals surface area contributed by atoms with Crippen LogP contribution in [-0.4, -0.2) is 55.3 Å². The van der Waals surface area contributed by atoms with Gasteiger partial charge in [0.2, 0.25) is 5.90 Å². The largest absolute Gasteiger partial charge is 0.436 e. The third-order valence-electron chi connectivity index (χ3n) is 7.35. The molecule has 10 heteroatoms. The highest BCUT2D eigenvalue weighted by Crippen LogP contribution is 2.38. The summed E-state index contributed by atoms with van der Waals surface area (Å²) in [5, 5.41) is 10.8. The Balaban J connectivity index is 1.14. The minimum absolute atomic E-state index is 0.222. The van der Waals surface area contributed by atoms with Gasteiger partial charge in [0.05, 0.1) is 25.2 Å². The van der Waals surface area contributed by atoms with Crippen LogP contribution in [0.2, 0.25) is 0 Å². The van der Waals surface area contributed by atoms with E-state index < -0.39 is 6.35 Å². The van der Waals surface area contributed by atoms with Gasteiger partial charge in [-0.3, -0.25) is 25.2 Å². The van der Waals surface area contributed by atoms with Crippen LogP contribution in [0.5, 0.6) is 0 Å². The summed E-state index contributed by atoms with van der Waals surface area (Å²) in [7, 11) is 0. The van der Waals surface area contributed by atoms with E-state index in [0.29, 0.717) is 28.4 Å². The maximum absolute atomic E-state index is 13.6. The summed E-state index contributed by atoms with van der Waals surface area (Å²) in [5.41, 5.74) is 7.13. The molecule has 2 amide bonds. The summed E-state index contributed by atoms with van der Waals surface area (Å²) in [6, 6.07) is 17.6. The van der Waals surface area contributed by atoms with Crippen LogP contribution in [-0.2, 0) is 35.3 Å². The molecule has 2 aromatic carbocycles. The molecular weight excluding hydrogens is 526 g/mol. The Bertz CT molecular complexity index is 1400. The second kappa shape index (κ2) is 12.2. The number of anilines is 1. The smallest absolute Gasteiger partial charge is 0.267 e. The Morgan fingerprint density at radius 3 is 2.65 bits per heavy atom. The number of carbonyl (C=O) groups is 2. The number of hydrogen-bond donors (Lipinski definition) is 3. The third-order valence-corrected chi connectivity index (χ3v) is 8.55. The van der Waals surface area contributed by atoms with Crippen molar-refractivity contribution < 1.29 is 19.1 Å². The second-order valence-corrected chi connectivity index (χ2v) is 11.3. The van der Waals surface area contributed by atoms with E-state index in [1.807, 2.05) is 54.6 Å². The topological polar surface area (TPSA) is 104 Å². The predicted molar refractivity (Wildman–Crippen MR) is 155 cm³/mol. The van der Waals surface area contributed by atoms with Crippen molar-refractivity contribution in [3.8, 4) is 0 Å². The number of carbonyl (C=O) groups excluding carboxylic acids is 2. The number of ether oxygens (including phenoxy) is 2. The molecule has 3 aliphatic rings. The zero-order chi connectivity index (χ0) is 27.3. The number of fused-ring (bicyclic) bond motifs is 1. The first kappa shape index (κ1) is 26.5. The van der Waals surface area contributed by atoms with Gasteiger partial charge >= 0.3 is 0 Å². The maximum atomic E-state index is 13.6. The Morgan fingerprint density at radius 2 is 1.80 bits per heavy atom. The molecule has 2 aliphatic heterocycles. The number of rotatable bonds is 8. The molecule has 1 aromatic heterocycles. The number of hydrogen-bond acceptors (Lipinski definition) is 8. The SMILES string of the molecule is O=C(Nc1sc2c(c1C(=O)NC1NN=C(Cc3ccccc3)O1)CCCC2)c1cccc(CN2CCOCC2)c1. The Hall–Kier alpha value is -3.73. The fourth-order valence-corrected chi connectivity index (χ4v) is 6.60. The number of nitrogens with zero attached hydrogens (tertiary/aromatic N) is 2. The lowest BCUT2D eigenvalue weighted by Crippen LogP contribution is -2.43. The molecule has 6 rings (SSSR count). The van der Waals surface area contributed by atoms with Crippen molar-refractivity contribution >= 4 is 34.0 Å². The van der Waals surface area contributed by atoms with Gasteiger partial charge < -0.3 is 14.8 Å². The van der Waals surface area contributed by atoms with E-state index in [1.54, 1.807) is 0 Å². The lowest BCUT2D eigenvalue weighted by molar-refractivity contribution is 0.0342. The van der Waals surface area contributed by atoms with Gasteiger partial charge in [-0.2, -0.15) is 0 Å². The van der Waals surface area contributed by atoms with Crippen LogP contribution in [0, 0.1) is 0 Å². The highest BCUT2D eigenvalue weighted by Gasteiger charge is 2.30. The Kier molecular flexibility index (Phi) is 8.08. The quantitative estimate of drug-likeness (QED) is 0.387. The highest BCUT2D eigenvalue weighted by atomic mass is 32.1. The van der Waals surface area contributed by atoms with Crippen molar-refractivity contribution in [3.05, 3.63) is 87.3 Å². The van der Waals surface area contributed by atoms with Gasteiger partial charge in [0.1, 0.15) is 5.00 Å². The zero-order valence-corrected chi connectivity index (χ0v) is 23.1. The average Bonchev–Trinajstić information content (AvgIpc) is 3.57. The zero-order valence-electron chi connectivity index (χ0n) is 22.3. The van der Waals surface area contributed by atoms with Crippen molar-refractivity contribution in [2.24, 2.45) is 5.10 Å². The maximum Gasteiger partial charge on any atom is 0.267 e. The lowest BCUT2D eigenvalue weighted by Gasteiger charge is -2.26. The van der Waals surface area contributed by atoms with Crippen LogP contribution in [0.15, 0.2) is 59.7 Å². The molecule has 0 spiro atoms. The first-order valence-corrected chi connectivity index (χ1v) is 14.6. The van der Waals surface area contributed by atoms with E-state index >= 15 is 0 Å². The minimum atomic E-state index is -0.772. The van der Waals surface area contributed by atoms with Crippen LogP contribution in [0.4, 0.5) is 5.00 Å². The molecule has 3 aromatic rings. The molecule has 1 saturated heterocycles. The number of nitrogens with one attached hydrogen (secondary N) is 3. The third kappa shape index (κ3) is 6.19. The van der Waals surface area contributed by atoms with Crippen LogP contribution >= 0.6 is 11.3 Å². The summed E-state index contributed by atoms with van der Waals surface area (Å²) in [4.78, 5) is 30.4. The molecule has 9 nitrogen and oxygen atoms in total. The van der Waals surface area contributed by atoms with Gasteiger partial charge in [-0.1, -0.05) is 42.5 Å². The first-order chi connectivity index (χ1) is 19.6. The number of benzene rings is 2. The molecule has 1 atom stereocenters. The van der Waals surface area contributed by atoms with Gasteiger partial charge in [-0.15, -0.1) is 16.4 Å². The molecule has 1 unspecified atom stereocenters. The van der Waals surface area contributed by atoms with E-state index in [4.69, 9.17) is 9.47 Å². The second-order valence-electron chi connectivity index (χ2n) is 10.2. The molecule has 40 heavy (non-hydrogen) atoms. The fraction of sp³-hybridized carbons (Fsp3) is 0.367. The molecular formula is C30H33N5O4S. The number of morpholine rings is 1. The summed E-state index contributed by atoms with van der Waals surface area (Å²) < 4.78 is 11.3. The number of aryl methyl sites for hydroxylation is 1.